The summed E-state index contributed by atoms with van der Waals surface area (Å²) in [6.45, 7) is 9.31. The summed E-state index contributed by atoms with van der Waals surface area (Å²) in [6.07, 6.45) is -1.40. The van der Waals surface area contributed by atoms with E-state index in [1.165, 1.54) is 4.90 Å². The first-order valence-electron chi connectivity index (χ1n) is 11.6. The third kappa shape index (κ3) is 8.37. The quantitative estimate of drug-likeness (QED) is 0.510. The minimum Gasteiger partial charge on any atom is -0.489 e. The molecule has 7 nitrogen and oxygen atoms in total. The smallest absolute Gasteiger partial charge is 0.410 e. The van der Waals surface area contributed by atoms with E-state index in [4.69, 9.17) is 14.2 Å². The average molecular weight is 472 g/mol. The van der Waals surface area contributed by atoms with Crippen molar-refractivity contribution in [3.63, 3.8) is 0 Å². The van der Waals surface area contributed by atoms with Gasteiger partial charge < -0.3 is 24.2 Å². The second-order valence-corrected chi connectivity index (χ2v) is 9.31. The maximum absolute atomic E-state index is 12.7. The Hall–Kier alpha value is -3.06. The highest BCUT2D eigenvalue weighted by atomic mass is 16.6. The van der Waals surface area contributed by atoms with Crippen LogP contribution < -0.4 is 4.74 Å². The van der Waals surface area contributed by atoms with Crippen LogP contribution in [-0.2, 0) is 27.3 Å². The second-order valence-electron chi connectivity index (χ2n) is 9.31. The van der Waals surface area contributed by atoms with Crippen LogP contribution in [0.3, 0.4) is 0 Å². The molecular formula is C27H37NO6. The average Bonchev–Trinajstić information content (AvgIpc) is 2.80. The molecule has 3 atom stereocenters. The number of carbonyl (C=O) groups is 2. The summed E-state index contributed by atoms with van der Waals surface area (Å²) in [5, 5.41) is 11.0. The van der Waals surface area contributed by atoms with Gasteiger partial charge in [0.2, 0.25) is 0 Å². The molecule has 0 aliphatic heterocycles. The molecule has 0 aromatic heterocycles. The Balaban J connectivity index is 2.16. The number of hydrogen-bond donors (Lipinski definition) is 1. The van der Waals surface area contributed by atoms with Crippen LogP contribution in [0.2, 0.25) is 0 Å². The van der Waals surface area contributed by atoms with Gasteiger partial charge in [-0.3, -0.25) is 4.79 Å². The van der Waals surface area contributed by atoms with E-state index in [1.807, 2.05) is 54.6 Å². The number of likely N-dealkylation sites (N-methyl/N-ethyl adjacent to an activating group) is 1. The van der Waals surface area contributed by atoms with Gasteiger partial charge in [0.05, 0.1) is 24.7 Å². The van der Waals surface area contributed by atoms with Gasteiger partial charge in [-0.1, -0.05) is 42.5 Å². The minimum absolute atomic E-state index is 0.215. The molecule has 0 spiro atoms. The number of ether oxygens (including phenoxy) is 3. The number of carbonyl (C=O) groups excluding carboxylic acids is 2. The van der Waals surface area contributed by atoms with E-state index in [9.17, 15) is 14.7 Å². The van der Waals surface area contributed by atoms with Crippen molar-refractivity contribution in [3.8, 4) is 5.75 Å². The number of nitrogens with zero attached hydrogens (tertiary/aromatic N) is 1. The molecule has 2 aromatic carbocycles. The molecule has 186 valence electrons. The highest BCUT2D eigenvalue weighted by Gasteiger charge is 2.36. The summed E-state index contributed by atoms with van der Waals surface area (Å²) in [4.78, 5) is 26.4. The SMILES string of the molecule is CCOC(=O)C(C)C(O)[C@H](Cc1ccc(OCc2ccccc2)cc1)N(C)C(=O)OC(C)(C)C. The first-order valence-corrected chi connectivity index (χ1v) is 11.6. The second kappa shape index (κ2) is 12.4. The number of benzene rings is 2. The summed E-state index contributed by atoms with van der Waals surface area (Å²) in [5.74, 6) is -0.615. The van der Waals surface area contributed by atoms with Gasteiger partial charge in [-0.25, -0.2) is 4.79 Å². The van der Waals surface area contributed by atoms with Gasteiger partial charge in [0.1, 0.15) is 18.0 Å². The Morgan fingerprint density at radius 2 is 1.62 bits per heavy atom. The molecule has 2 unspecified atom stereocenters. The van der Waals surface area contributed by atoms with Crippen molar-refractivity contribution in [2.45, 2.75) is 65.4 Å². The third-order valence-corrected chi connectivity index (χ3v) is 5.36. The Bertz CT molecular complexity index is 907. The zero-order chi connectivity index (χ0) is 25.3. The molecule has 0 radical (unpaired) electrons. The first-order chi connectivity index (χ1) is 16.0. The number of hydrogen-bond acceptors (Lipinski definition) is 6. The first kappa shape index (κ1) is 27.2. The van der Waals surface area contributed by atoms with Crippen LogP contribution in [-0.4, -0.2) is 53.5 Å². The lowest BCUT2D eigenvalue weighted by atomic mass is 9.92. The number of amides is 1. The van der Waals surface area contributed by atoms with Crippen molar-refractivity contribution in [2.75, 3.05) is 13.7 Å². The molecule has 0 aliphatic carbocycles. The molecule has 2 rings (SSSR count). The van der Waals surface area contributed by atoms with Crippen LogP contribution in [0.1, 0.15) is 45.7 Å². The Labute approximate surface area is 202 Å². The lowest BCUT2D eigenvalue weighted by molar-refractivity contribution is -0.152. The number of esters is 1. The fraction of sp³-hybridized carbons (Fsp3) is 0.481. The lowest BCUT2D eigenvalue weighted by Crippen LogP contribution is -2.51. The molecule has 2 aromatic rings. The topological polar surface area (TPSA) is 85.3 Å². The molecule has 1 amide bonds. The van der Waals surface area contributed by atoms with Crippen LogP contribution in [0, 0.1) is 5.92 Å². The number of aliphatic hydroxyl groups is 1. The molecule has 34 heavy (non-hydrogen) atoms. The predicted molar refractivity (Wildman–Crippen MR) is 131 cm³/mol. The van der Waals surface area contributed by atoms with Crippen molar-refractivity contribution in [3.05, 3.63) is 65.7 Å². The van der Waals surface area contributed by atoms with Gasteiger partial charge >= 0.3 is 12.1 Å². The molecular weight excluding hydrogens is 434 g/mol. The van der Waals surface area contributed by atoms with Gasteiger partial charge in [-0.15, -0.1) is 0 Å². The van der Waals surface area contributed by atoms with Crippen molar-refractivity contribution < 1.29 is 28.9 Å². The maximum atomic E-state index is 12.7. The fourth-order valence-corrected chi connectivity index (χ4v) is 3.41. The fourth-order valence-electron chi connectivity index (χ4n) is 3.41. The van der Waals surface area contributed by atoms with Crippen molar-refractivity contribution >= 4 is 12.1 Å². The Kier molecular flexibility index (Phi) is 9.93. The molecule has 0 saturated carbocycles. The van der Waals surface area contributed by atoms with E-state index in [-0.39, 0.29) is 6.61 Å². The maximum Gasteiger partial charge on any atom is 0.410 e. The summed E-state index contributed by atoms with van der Waals surface area (Å²) >= 11 is 0. The minimum atomic E-state index is -1.15. The molecule has 0 aliphatic rings. The van der Waals surface area contributed by atoms with Gasteiger partial charge in [0.25, 0.3) is 0 Å². The zero-order valence-corrected chi connectivity index (χ0v) is 21.0. The van der Waals surface area contributed by atoms with Gasteiger partial charge in [0.15, 0.2) is 0 Å². The van der Waals surface area contributed by atoms with Crippen LogP contribution in [0.4, 0.5) is 4.79 Å². The summed E-state index contributed by atoms with van der Waals surface area (Å²) in [5.41, 5.74) is 1.26. The largest absolute Gasteiger partial charge is 0.489 e. The molecule has 0 saturated heterocycles. The zero-order valence-electron chi connectivity index (χ0n) is 21.0. The number of aliphatic hydroxyl groups excluding tert-OH is 1. The molecule has 0 heterocycles. The van der Waals surface area contributed by atoms with Crippen LogP contribution >= 0.6 is 0 Å². The molecule has 0 fully saturated rings. The highest BCUT2D eigenvalue weighted by Crippen LogP contribution is 2.22. The predicted octanol–water partition coefficient (Wildman–Crippen LogP) is 4.60. The standard InChI is InChI=1S/C27H37NO6/c1-7-32-25(30)19(2)24(29)23(28(6)26(31)34-27(3,4)5)17-20-13-15-22(16-14-20)33-18-21-11-9-8-10-12-21/h8-16,19,23-24,29H,7,17-18H2,1-6H3/t19?,23-,24?/m0/s1. The van der Waals surface area contributed by atoms with Crippen LogP contribution in [0.25, 0.3) is 0 Å². The van der Waals surface area contributed by atoms with E-state index in [2.05, 4.69) is 0 Å². The number of rotatable bonds is 10. The third-order valence-electron chi connectivity index (χ3n) is 5.36. The van der Waals surface area contributed by atoms with Gasteiger partial charge in [-0.05, 0) is 64.3 Å². The molecule has 7 heteroatoms. The Morgan fingerprint density at radius 1 is 1.00 bits per heavy atom. The van der Waals surface area contributed by atoms with Gasteiger partial charge in [0, 0.05) is 7.05 Å². The summed E-state index contributed by atoms with van der Waals surface area (Å²) < 4.78 is 16.4. The summed E-state index contributed by atoms with van der Waals surface area (Å²) in [6, 6.07) is 16.7. The normalized spacial score (nSPS) is 14.0. The summed E-state index contributed by atoms with van der Waals surface area (Å²) in [7, 11) is 1.57. The van der Waals surface area contributed by atoms with Crippen molar-refractivity contribution in [2.24, 2.45) is 5.92 Å². The highest BCUT2D eigenvalue weighted by molar-refractivity contribution is 5.73. The van der Waals surface area contributed by atoms with E-state index in [0.717, 1.165) is 11.1 Å². The van der Waals surface area contributed by atoms with E-state index < -0.39 is 35.7 Å². The van der Waals surface area contributed by atoms with Crippen molar-refractivity contribution in [1.29, 1.82) is 0 Å². The Morgan fingerprint density at radius 3 is 2.18 bits per heavy atom. The lowest BCUT2D eigenvalue weighted by Gasteiger charge is -2.35. The van der Waals surface area contributed by atoms with Crippen LogP contribution in [0.5, 0.6) is 5.75 Å². The van der Waals surface area contributed by atoms with E-state index in [1.54, 1.807) is 41.7 Å². The molecule has 1 N–H and O–H groups in total. The van der Waals surface area contributed by atoms with E-state index >= 15 is 0 Å². The monoisotopic (exact) mass is 471 g/mol. The molecule has 0 bridgehead atoms. The van der Waals surface area contributed by atoms with Crippen LogP contribution in [0.15, 0.2) is 54.6 Å². The van der Waals surface area contributed by atoms with E-state index in [0.29, 0.717) is 18.8 Å². The van der Waals surface area contributed by atoms with Crippen molar-refractivity contribution in [1.82, 2.24) is 4.90 Å². The van der Waals surface area contributed by atoms with Gasteiger partial charge in [-0.2, -0.15) is 0 Å².